The van der Waals surface area contributed by atoms with Crippen LogP contribution in [0.3, 0.4) is 0 Å². The van der Waals surface area contributed by atoms with Crippen LogP contribution in [0.2, 0.25) is 15.1 Å². The largest absolute Gasteiger partial charge is 0.486 e. The SMILES string of the molecule is CN1C(=O)/C(=C/c2cc(Cl)c(OCc3ccccc3Cl)c(Cl)c2)C(=O)NC1=S. The van der Waals surface area contributed by atoms with Gasteiger partial charge < -0.3 is 4.74 Å². The average molecular weight is 456 g/mol. The molecule has 0 spiro atoms. The minimum atomic E-state index is -0.584. The van der Waals surface area contributed by atoms with Crippen LogP contribution in [0.15, 0.2) is 42.0 Å². The number of carbonyl (C=O) groups is 2. The van der Waals surface area contributed by atoms with E-state index in [1.54, 1.807) is 18.2 Å². The third-order valence-corrected chi connectivity index (χ3v) is 5.27. The fourth-order valence-electron chi connectivity index (χ4n) is 2.48. The zero-order valence-electron chi connectivity index (χ0n) is 14.5. The van der Waals surface area contributed by atoms with Gasteiger partial charge in [-0.25, -0.2) is 0 Å². The molecule has 1 fully saturated rings. The van der Waals surface area contributed by atoms with Crippen LogP contribution in [-0.4, -0.2) is 28.9 Å². The molecule has 0 atom stereocenters. The zero-order chi connectivity index (χ0) is 20.4. The average Bonchev–Trinajstić information content (AvgIpc) is 2.64. The zero-order valence-corrected chi connectivity index (χ0v) is 17.5. The van der Waals surface area contributed by atoms with Crippen molar-refractivity contribution in [2.24, 2.45) is 0 Å². The van der Waals surface area contributed by atoms with E-state index in [4.69, 9.17) is 51.8 Å². The molecule has 0 radical (unpaired) electrons. The molecule has 2 aromatic carbocycles. The Balaban J connectivity index is 1.86. The van der Waals surface area contributed by atoms with E-state index in [1.807, 2.05) is 18.2 Å². The smallest absolute Gasteiger partial charge is 0.265 e. The summed E-state index contributed by atoms with van der Waals surface area (Å²) in [4.78, 5) is 25.5. The summed E-state index contributed by atoms with van der Waals surface area (Å²) >= 11 is 23.6. The molecule has 1 aliphatic heterocycles. The van der Waals surface area contributed by atoms with E-state index in [2.05, 4.69) is 5.32 Å². The molecule has 2 aromatic rings. The van der Waals surface area contributed by atoms with Crippen molar-refractivity contribution in [3.05, 3.63) is 68.2 Å². The van der Waals surface area contributed by atoms with E-state index in [-0.39, 0.29) is 33.1 Å². The van der Waals surface area contributed by atoms with Gasteiger partial charge in [0.2, 0.25) is 0 Å². The number of benzene rings is 2. The first-order chi connectivity index (χ1) is 13.3. The molecule has 3 rings (SSSR count). The predicted octanol–water partition coefficient (Wildman–Crippen LogP) is 4.48. The highest BCUT2D eigenvalue weighted by atomic mass is 35.5. The number of carbonyl (C=O) groups excluding carboxylic acids is 2. The Kier molecular flexibility index (Phi) is 6.25. The molecule has 0 aliphatic carbocycles. The molecule has 1 heterocycles. The first-order valence-electron chi connectivity index (χ1n) is 7.98. The minimum Gasteiger partial charge on any atom is -0.486 e. The highest BCUT2D eigenvalue weighted by Gasteiger charge is 2.30. The van der Waals surface area contributed by atoms with Gasteiger partial charge in [-0.15, -0.1) is 0 Å². The lowest BCUT2D eigenvalue weighted by Crippen LogP contribution is -2.52. The van der Waals surface area contributed by atoms with Gasteiger partial charge in [0.05, 0.1) is 10.0 Å². The van der Waals surface area contributed by atoms with Gasteiger partial charge in [-0.2, -0.15) is 0 Å². The molecule has 1 saturated heterocycles. The summed E-state index contributed by atoms with van der Waals surface area (Å²) in [6.07, 6.45) is 1.39. The molecule has 28 heavy (non-hydrogen) atoms. The normalized spacial score (nSPS) is 15.8. The monoisotopic (exact) mass is 454 g/mol. The quantitative estimate of drug-likeness (QED) is 0.419. The predicted molar refractivity (Wildman–Crippen MR) is 114 cm³/mol. The Labute approximate surface area is 181 Å². The number of thiocarbonyl (C=S) groups is 1. The van der Waals surface area contributed by atoms with Crippen LogP contribution in [0.25, 0.3) is 6.08 Å². The van der Waals surface area contributed by atoms with E-state index in [0.717, 1.165) is 5.56 Å². The summed E-state index contributed by atoms with van der Waals surface area (Å²) in [5, 5.41) is 3.53. The van der Waals surface area contributed by atoms with Crippen LogP contribution in [-0.2, 0) is 16.2 Å². The Bertz CT molecular complexity index is 1000. The molecule has 1 N–H and O–H groups in total. The van der Waals surface area contributed by atoms with Crippen molar-refractivity contribution >= 4 is 70.0 Å². The maximum absolute atomic E-state index is 12.3. The first kappa shape index (κ1) is 20.6. The van der Waals surface area contributed by atoms with Gasteiger partial charge in [-0.1, -0.05) is 53.0 Å². The van der Waals surface area contributed by atoms with Crippen molar-refractivity contribution in [2.75, 3.05) is 7.05 Å². The number of hydrogen-bond acceptors (Lipinski definition) is 4. The molecule has 0 aromatic heterocycles. The molecule has 0 saturated carbocycles. The van der Waals surface area contributed by atoms with Gasteiger partial charge in [0.1, 0.15) is 12.2 Å². The summed E-state index contributed by atoms with van der Waals surface area (Å²) in [6.45, 7) is 0.183. The van der Waals surface area contributed by atoms with Crippen LogP contribution in [0.5, 0.6) is 5.75 Å². The molecule has 144 valence electrons. The van der Waals surface area contributed by atoms with Crippen molar-refractivity contribution in [1.82, 2.24) is 10.2 Å². The molecular weight excluding hydrogens is 443 g/mol. The van der Waals surface area contributed by atoms with Gasteiger partial charge in [0.25, 0.3) is 11.8 Å². The molecule has 9 heteroatoms. The van der Waals surface area contributed by atoms with E-state index in [0.29, 0.717) is 10.6 Å². The summed E-state index contributed by atoms with van der Waals surface area (Å²) in [7, 11) is 1.48. The number of likely N-dealkylation sites (N-methyl/N-ethyl adjacent to an activating group) is 1. The Hall–Kier alpha value is -2.12. The number of amides is 2. The van der Waals surface area contributed by atoms with E-state index < -0.39 is 11.8 Å². The standard InChI is InChI=1S/C19H13Cl3N2O3S/c1-24-18(26)12(17(25)23-19(24)28)6-10-7-14(21)16(15(22)8-10)27-9-11-4-2-3-5-13(11)20/h2-8H,9H2,1H3,(H,23,25,28)/b12-6+. The van der Waals surface area contributed by atoms with E-state index in [9.17, 15) is 9.59 Å². The second-order valence-electron chi connectivity index (χ2n) is 5.88. The van der Waals surface area contributed by atoms with Gasteiger partial charge in [-0.3, -0.25) is 19.8 Å². The highest BCUT2D eigenvalue weighted by molar-refractivity contribution is 7.80. The fraction of sp³-hybridized carbons (Fsp3) is 0.105. The number of nitrogens with one attached hydrogen (secondary N) is 1. The molecule has 2 amide bonds. The lowest BCUT2D eigenvalue weighted by atomic mass is 10.1. The molecule has 0 unspecified atom stereocenters. The number of hydrogen-bond donors (Lipinski definition) is 1. The van der Waals surface area contributed by atoms with Crippen molar-refractivity contribution in [2.45, 2.75) is 6.61 Å². The van der Waals surface area contributed by atoms with Crippen LogP contribution in [0, 0.1) is 0 Å². The number of halogens is 3. The van der Waals surface area contributed by atoms with E-state index in [1.165, 1.54) is 18.0 Å². The Morgan fingerprint density at radius 2 is 1.75 bits per heavy atom. The number of nitrogens with zero attached hydrogens (tertiary/aromatic N) is 1. The van der Waals surface area contributed by atoms with Gasteiger partial charge in [-0.05, 0) is 42.1 Å². The Morgan fingerprint density at radius 1 is 1.11 bits per heavy atom. The lowest BCUT2D eigenvalue weighted by molar-refractivity contribution is -0.128. The van der Waals surface area contributed by atoms with Crippen LogP contribution >= 0.6 is 47.0 Å². The topological polar surface area (TPSA) is 58.6 Å². The van der Waals surface area contributed by atoms with Crippen molar-refractivity contribution in [3.8, 4) is 5.75 Å². The summed E-state index contributed by atoms with van der Waals surface area (Å²) in [5.74, 6) is -0.817. The van der Waals surface area contributed by atoms with Gasteiger partial charge >= 0.3 is 0 Å². The van der Waals surface area contributed by atoms with Gasteiger partial charge in [0, 0.05) is 17.6 Å². The van der Waals surface area contributed by atoms with Crippen LogP contribution in [0.1, 0.15) is 11.1 Å². The second-order valence-corrected chi connectivity index (χ2v) is 7.48. The molecule has 5 nitrogen and oxygen atoms in total. The summed E-state index contributed by atoms with van der Waals surface area (Å²) in [6, 6.07) is 10.4. The number of rotatable bonds is 4. The summed E-state index contributed by atoms with van der Waals surface area (Å²) in [5.41, 5.74) is 1.18. The minimum absolute atomic E-state index is 0.0477. The molecular formula is C19H13Cl3N2O3S. The maximum Gasteiger partial charge on any atom is 0.265 e. The maximum atomic E-state index is 12.3. The first-order valence-corrected chi connectivity index (χ1v) is 9.52. The van der Waals surface area contributed by atoms with E-state index >= 15 is 0 Å². The van der Waals surface area contributed by atoms with Crippen molar-refractivity contribution in [1.29, 1.82) is 0 Å². The molecule has 1 aliphatic rings. The molecule has 0 bridgehead atoms. The Morgan fingerprint density at radius 3 is 2.39 bits per heavy atom. The fourth-order valence-corrected chi connectivity index (χ4v) is 3.46. The number of ether oxygens (including phenoxy) is 1. The van der Waals surface area contributed by atoms with Crippen LogP contribution in [0.4, 0.5) is 0 Å². The van der Waals surface area contributed by atoms with Gasteiger partial charge in [0.15, 0.2) is 10.9 Å². The third-order valence-electron chi connectivity index (χ3n) is 3.97. The van der Waals surface area contributed by atoms with Crippen molar-refractivity contribution < 1.29 is 14.3 Å². The summed E-state index contributed by atoms with van der Waals surface area (Å²) < 4.78 is 5.71. The lowest BCUT2D eigenvalue weighted by Gasteiger charge is -2.25. The third kappa shape index (κ3) is 4.31. The van der Waals surface area contributed by atoms with Crippen molar-refractivity contribution in [3.63, 3.8) is 0 Å². The second kappa shape index (κ2) is 8.49. The highest BCUT2D eigenvalue weighted by Crippen LogP contribution is 2.36. The van der Waals surface area contributed by atoms with Crippen LogP contribution < -0.4 is 10.1 Å².